The van der Waals surface area contributed by atoms with Crippen molar-refractivity contribution < 1.29 is 4.74 Å². The van der Waals surface area contributed by atoms with Gasteiger partial charge in [0.05, 0.1) is 12.6 Å². The number of hydrogen-bond acceptors (Lipinski definition) is 2. The lowest BCUT2D eigenvalue weighted by Gasteiger charge is -2.20. The van der Waals surface area contributed by atoms with Gasteiger partial charge in [0, 0.05) is 24.2 Å². The lowest BCUT2D eigenvalue weighted by Crippen LogP contribution is -2.28. The van der Waals surface area contributed by atoms with E-state index in [1.54, 1.807) is 7.11 Å². The Morgan fingerprint density at radius 2 is 2.06 bits per heavy atom. The minimum Gasteiger partial charge on any atom is -0.496 e. The van der Waals surface area contributed by atoms with Crippen LogP contribution in [0.1, 0.15) is 6.92 Å². The lowest BCUT2D eigenvalue weighted by molar-refractivity contribution is 0.286. The minimum atomic E-state index is 0.511. The van der Waals surface area contributed by atoms with E-state index >= 15 is 0 Å². The predicted molar refractivity (Wildman–Crippen MR) is 71.6 cm³/mol. The summed E-state index contributed by atoms with van der Waals surface area (Å²) >= 11 is 0. The molecule has 0 aliphatic heterocycles. The van der Waals surface area contributed by atoms with Gasteiger partial charge < -0.3 is 14.2 Å². The highest BCUT2D eigenvalue weighted by Gasteiger charge is 2.09. The van der Waals surface area contributed by atoms with Gasteiger partial charge in [-0.05, 0) is 39.2 Å². The van der Waals surface area contributed by atoms with E-state index in [-0.39, 0.29) is 0 Å². The van der Waals surface area contributed by atoms with E-state index in [0.29, 0.717) is 6.04 Å². The highest BCUT2D eigenvalue weighted by Crippen LogP contribution is 2.26. The summed E-state index contributed by atoms with van der Waals surface area (Å²) in [5.41, 5.74) is 1.23. The number of hydrogen-bond donors (Lipinski definition) is 0. The molecule has 0 saturated heterocycles. The second-order valence-corrected chi connectivity index (χ2v) is 4.67. The van der Waals surface area contributed by atoms with Crippen molar-refractivity contribution in [2.45, 2.75) is 19.5 Å². The van der Waals surface area contributed by atoms with Gasteiger partial charge in [-0.3, -0.25) is 0 Å². The van der Waals surface area contributed by atoms with Crippen LogP contribution in [0.3, 0.4) is 0 Å². The normalized spacial score (nSPS) is 13.2. The quantitative estimate of drug-likeness (QED) is 0.806. The van der Waals surface area contributed by atoms with Crippen molar-refractivity contribution >= 4 is 10.9 Å². The molecule has 2 rings (SSSR count). The summed E-state index contributed by atoms with van der Waals surface area (Å²) in [6.07, 6.45) is 2.13. The van der Waals surface area contributed by atoms with Crippen molar-refractivity contribution in [2.75, 3.05) is 21.2 Å². The molecule has 3 heteroatoms. The average molecular weight is 232 g/mol. The third-order valence-corrected chi connectivity index (χ3v) is 3.34. The van der Waals surface area contributed by atoms with Crippen LogP contribution in [-0.2, 0) is 6.54 Å². The van der Waals surface area contributed by atoms with Gasteiger partial charge >= 0.3 is 0 Å². The molecule has 0 bridgehead atoms. The Kier molecular flexibility index (Phi) is 3.38. The third kappa shape index (κ3) is 2.29. The Balaban J connectivity index is 2.36. The van der Waals surface area contributed by atoms with Gasteiger partial charge in [-0.25, -0.2) is 0 Å². The molecule has 0 fully saturated rings. The van der Waals surface area contributed by atoms with Crippen LogP contribution in [0.4, 0.5) is 0 Å². The van der Waals surface area contributed by atoms with Gasteiger partial charge in [-0.2, -0.15) is 0 Å². The molecular formula is C14H20N2O. The van der Waals surface area contributed by atoms with E-state index in [9.17, 15) is 0 Å². The average Bonchev–Trinajstić information content (AvgIpc) is 2.72. The van der Waals surface area contributed by atoms with Gasteiger partial charge in [-0.1, -0.05) is 6.07 Å². The zero-order valence-corrected chi connectivity index (χ0v) is 11.0. The molecule has 0 radical (unpaired) electrons. The van der Waals surface area contributed by atoms with E-state index in [0.717, 1.165) is 12.3 Å². The van der Waals surface area contributed by atoms with E-state index in [1.807, 2.05) is 12.1 Å². The second kappa shape index (κ2) is 4.80. The molecule has 0 unspecified atom stereocenters. The maximum absolute atomic E-state index is 5.37. The molecule has 3 nitrogen and oxygen atoms in total. The molecule has 17 heavy (non-hydrogen) atoms. The number of ether oxygens (including phenoxy) is 1. The van der Waals surface area contributed by atoms with Crippen LogP contribution in [0.2, 0.25) is 0 Å². The number of fused-ring (bicyclic) bond motifs is 1. The largest absolute Gasteiger partial charge is 0.496 e. The standard InChI is InChI=1S/C14H20N2O/c1-11(15(2)3)10-16-9-8-12-13(16)6-5-7-14(12)17-4/h5-9,11H,10H2,1-4H3/t11-/m1/s1. The van der Waals surface area contributed by atoms with Crippen molar-refractivity contribution in [2.24, 2.45) is 0 Å². The monoisotopic (exact) mass is 232 g/mol. The van der Waals surface area contributed by atoms with Crippen molar-refractivity contribution in [3.63, 3.8) is 0 Å². The first-order chi connectivity index (χ1) is 8.13. The Labute approximate surface area is 103 Å². The molecule has 92 valence electrons. The molecule has 1 aromatic carbocycles. The second-order valence-electron chi connectivity index (χ2n) is 4.67. The molecule has 2 aromatic rings. The van der Waals surface area contributed by atoms with Gasteiger partial charge in [0.25, 0.3) is 0 Å². The SMILES string of the molecule is COc1cccc2c1ccn2C[C@@H](C)N(C)C. The van der Waals surface area contributed by atoms with E-state index < -0.39 is 0 Å². The number of rotatable bonds is 4. The highest BCUT2D eigenvalue weighted by molar-refractivity contribution is 5.86. The van der Waals surface area contributed by atoms with Crippen molar-refractivity contribution in [3.8, 4) is 5.75 Å². The first-order valence-corrected chi connectivity index (χ1v) is 5.91. The molecule has 0 N–H and O–H groups in total. The zero-order valence-electron chi connectivity index (χ0n) is 11.0. The molecule has 0 saturated carbocycles. The topological polar surface area (TPSA) is 17.4 Å². The van der Waals surface area contributed by atoms with Crippen LogP contribution in [0.15, 0.2) is 30.5 Å². The Bertz CT molecular complexity index is 502. The maximum atomic E-state index is 5.37. The molecular weight excluding hydrogens is 212 g/mol. The highest BCUT2D eigenvalue weighted by atomic mass is 16.5. The first kappa shape index (κ1) is 12.0. The number of nitrogens with zero attached hydrogens (tertiary/aromatic N) is 2. The van der Waals surface area contributed by atoms with Gasteiger partial charge in [-0.15, -0.1) is 0 Å². The summed E-state index contributed by atoms with van der Waals surface area (Å²) in [6, 6.07) is 8.81. The van der Waals surface area contributed by atoms with Crippen molar-refractivity contribution in [3.05, 3.63) is 30.5 Å². The smallest absolute Gasteiger partial charge is 0.128 e. The summed E-state index contributed by atoms with van der Waals surface area (Å²) < 4.78 is 7.65. The van der Waals surface area contributed by atoms with E-state index in [2.05, 4.69) is 48.8 Å². The van der Waals surface area contributed by atoms with Crippen LogP contribution in [0.5, 0.6) is 5.75 Å². The molecule has 1 atom stereocenters. The van der Waals surface area contributed by atoms with Gasteiger partial charge in [0.2, 0.25) is 0 Å². The van der Waals surface area contributed by atoms with E-state index in [4.69, 9.17) is 4.74 Å². The maximum Gasteiger partial charge on any atom is 0.128 e. The van der Waals surface area contributed by atoms with Crippen molar-refractivity contribution in [1.29, 1.82) is 0 Å². The molecule has 1 heterocycles. The fraction of sp³-hybridized carbons (Fsp3) is 0.429. The third-order valence-electron chi connectivity index (χ3n) is 3.34. The summed E-state index contributed by atoms with van der Waals surface area (Å²) in [5.74, 6) is 0.943. The zero-order chi connectivity index (χ0) is 12.4. The van der Waals surface area contributed by atoms with Crippen molar-refractivity contribution in [1.82, 2.24) is 9.47 Å². The Morgan fingerprint density at radius 3 is 2.71 bits per heavy atom. The van der Waals surface area contributed by atoms with Crippen LogP contribution in [0.25, 0.3) is 10.9 Å². The van der Waals surface area contributed by atoms with Crippen LogP contribution >= 0.6 is 0 Å². The van der Waals surface area contributed by atoms with Crippen LogP contribution < -0.4 is 4.74 Å². The summed E-state index contributed by atoms with van der Waals surface area (Å²) in [6.45, 7) is 3.22. The van der Waals surface area contributed by atoms with E-state index in [1.165, 1.54) is 10.9 Å². The van der Waals surface area contributed by atoms with Gasteiger partial charge in [0.1, 0.15) is 5.75 Å². The number of benzene rings is 1. The number of likely N-dealkylation sites (N-methyl/N-ethyl adjacent to an activating group) is 1. The molecule has 0 spiro atoms. The molecule has 0 aliphatic carbocycles. The Morgan fingerprint density at radius 1 is 1.29 bits per heavy atom. The predicted octanol–water partition coefficient (Wildman–Crippen LogP) is 2.60. The van der Waals surface area contributed by atoms with Gasteiger partial charge in [0.15, 0.2) is 0 Å². The molecule has 0 amide bonds. The summed E-state index contributed by atoms with van der Waals surface area (Å²) in [7, 11) is 5.93. The molecule has 0 aliphatic rings. The van der Waals surface area contributed by atoms with Crippen LogP contribution in [-0.4, -0.2) is 36.7 Å². The summed E-state index contributed by atoms with van der Waals surface area (Å²) in [5, 5.41) is 1.18. The first-order valence-electron chi connectivity index (χ1n) is 5.91. The van der Waals surface area contributed by atoms with Crippen LogP contribution in [0, 0.1) is 0 Å². The molecule has 1 aromatic heterocycles. The fourth-order valence-corrected chi connectivity index (χ4v) is 1.98. The Hall–Kier alpha value is -1.48. The minimum absolute atomic E-state index is 0.511. The fourth-order valence-electron chi connectivity index (χ4n) is 1.98. The summed E-state index contributed by atoms with van der Waals surface area (Å²) in [4.78, 5) is 2.23. The lowest BCUT2D eigenvalue weighted by atomic mass is 10.2. The number of methoxy groups -OCH3 is 1. The number of aromatic nitrogens is 1.